The van der Waals surface area contributed by atoms with Crippen molar-refractivity contribution in [3.05, 3.63) is 42.9 Å². The number of carbonyl (C=O) groups excluding carboxylic acids is 2. The van der Waals surface area contributed by atoms with Gasteiger partial charge in [-0.1, -0.05) is 23.2 Å². The van der Waals surface area contributed by atoms with Crippen molar-refractivity contribution in [1.82, 2.24) is 29.4 Å². The maximum absolute atomic E-state index is 14.3. The molecule has 0 radical (unpaired) electrons. The Labute approximate surface area is 281 Å². The number of piperidine rings is 2. The fourth-order valence-corrected chi connectivity index (χ4v) is 5.18. The molecule has 2 unspecified atom stereocenters. The molecule has 0 aromatic carbocycles. The molecule has 2 aliphatic heterocycles. The summed E-state index contributed by atoms with van der Waals surface area (Å²) >= 11 is 11.6. The molecule has 0 saturated carbocycles. The third-order valence-electron chi connectivity index (χ3n) is 6.91. The molecule has 22 heteroatoms. The third-order valence-corrected chi connectivity index (χ3v) is 7.65. The van der Waals surface area contributed by atoms with Gasteiger partial charge in [0.25, 0.3) is 11.8 Å². The van der Waals surface area contributed by atoms with Crippen LogP contribution in [0.1, 0.15) is 66.5 Å². The topological polar surface area (TPSA) is 181 Å². The van der Waals surface area contributed by atoms with Gasteiger partial charge in [-0.25, -0.2) is 36.5 Å². The fourth-order valence-electron chi connectivity index (χ4n) is 4.62. The van der Waals surface area contributed by atoms with E-state index in [0.717, 1.165) is 22.2 Å². The Balaban J connectivity index is 0.000000260. The number of hydrogen-bond acceptors (Lipinski definition) is 10. The summed E-state index contributed by atoms with van der Waals surface area (Å²) in [6, 6.07) is -3.22. The normalized spacial score (nSPS) is 20.8. The van der Waals surface area contributed by atoms with E-state index < -0.39 is 105 Å². The highest BCUT2D eigenvalue weighted by Crippen LogP contribution is 2.41. The molecular weight excluding hydrogens is 699 g/mol. The van der Waals surface area contributed by atoms with Crippen molar-refractivity contribution in [1.29, 1.82) is 0 Å². The summed E-state index contributed by atoms with van der Waals surface area (Å²) in [5, 5.41) is 27.8. The first-order valence-corrected chi connectivity index (χ1v) is 15.1. The molecule has 2 aromatic rings. The highest BCUT2D eigenvalue weighted by Gasteiger charge is 2.50. The maximum Gasteiger partial charge on any atom is 0.410 e. The Hall–Kier alpha value is -3.94. The standard InChI is InChI=1S/2C13H17ClF2N4O4/c2*1-12(2,3)24-11(21)18-5-4-13(15,16)9(7-18)19-10(14)8(6-17-19)20(22)23/h2*6,9H,4-5,7H2,1-3H3. The van der Waals surface area contributed by atoms with Gasteiger partial charge in [-0.3, -0.25) is 20.2 Å². The number of carbonyl (C=O) groups is 2. The van der Waals surface area contributed by atoms with E-state index in [1.807, 2.05) is 0 Å². The second-order valence-corrected chi connectivity index (χ2v) is 13.7. The van der Waals surface area contributed by atoms with Gasteiger partial charge < -0.3 is 19.3 Å². The molecule has 2 atom stereocenters. The summed E-state index contributed by atoms with van der Waals surface area (Å²) in [5.74, 6) is -6.44. The maximum atomic E-state index is 14.3. The number of halogens is 6. The SMILES string of the molecule is CC(C)(C)OC(=O)N1CCC(F)(F)C(n2ncc([N+](=O)[O-])c2Cl)C1.CC(C)(C)OC(=O)N1CCC(F)(F)C(n2ncc([N+](=O)[O-])c2Cl)C1. The molecule has 2 aliphatic rings. The van der Waals surface area contributed by atoms with E-state index in [4.69, 9.17) is 32.7 Å². The number of nitrogens with zero attached hydrogens (tertiary/aromatic N) is 8. The molecular formula is C26H34Cl2F4N8O8. The molecule has 4 rings (SSSR count). The molecule has 4 heterocycles. The summed E-state index contributed by atoms with van der Waals surface area (Å²) in [4.78, 5) is 46.4. The van der Waals surface area contributed by atoms with Crippen molar-refractivity contribution in [2.75, 3.05) is 26.2 Å². The Kier molecular flexibility index (Phi) is 11.1. The smallest absolute Gasteiger partial charge is 0.410 e. The van der Waals surface area contributed by atoms with Gasteiger partial charge in [0, 0.05) is 25.9 Å². The second kappa shape index (κ2) is 13.9. The van der Waals surface area contributed by atoms with Crippen LogP contribution in [0.4, 0.5) is 38.5 Å². The van der Waals surface area contributed by atoms with Crippen molar-refractivity contribution in [3.63, 3.8) is 0 Å². The van der Waals surface area contributed by atoms with E-state index in [1.165, 1.54) is 0 Å². The summed E-state index contributed by atoms with van der Waals surface area (Å²) in [6.07, 6.45) is -1.10. The lowest BCUT2D eigenvalue weighted by Crippen LogP contribution is -2.51. The van der Waals surface area contributed by atoms with Gasteiger partial charge in [-0.05, 0) is 41.5 Å². The molecule has 0 spiro atoms. The molecule has 268 valence electrons. The van der Waals surface area contributed by atoms with Crippen molar-refractivity contribution in [2.45, 2.75) is 89.5 Å². The number of alkyl halides is 4. The molecule has 2 amide bonds. The van der Waals surface area contributed by atoms with Crippen LogP contribution in [0, 0.1) is 20.2 Å². The van der Waals surface area contributed by atoms with Gasteiger partial charge in [0.1, 0.15) is 35.7 Å². The van der Waals surface area contributed by atoms with Gasteiger partial charge >= 0.3 is 23.6 Å². The summed E-state index contributed by atoms with van der Waals surface area (Å²) < 4.78 is 68.7. The molecule has 0 aliphatic carbocycles. The fraction of sp³-hybridized carbons (Fsp3) is 0.692. The van der Waals surface area contributed by atoms with Gasteiger partial charge in [0.2, 0.25) is 10.3 Å². The van der Waals surface area contributed by atoms with Crippen LogP contribution in [0.5, 0.6) is 0 Å². The average Bonchev–Trinajstić information content (AvgIpc) is 3.49. The van der Waals surface area contributed by atoms with Crippen LogP contribution in [-0.4, -0.2) is 101 Å². The van der Waals surface area contributed by atoms with E-state index in [-0.39, 0.29) is 13.1 Å². The zero-order valence-electron chi connectivity index (χ0n) is 26.7. The molecule has 48 heavy (non-hydrogen) atoms. The van der Waals surface area contributed by atoms with Crippen molar-refractivity contribution in [2.24, 2.45) is 0 Å². The van der Waals surface area contributed by atoms with Gasteiger partial charge in [-0.2, -0.15) is 10.2 Å². The lowest BCUT2D eigenvalue weighted by atomic mass is 10.0. The lowest BCUT2D eigenvalue weighted by Gasteiger charge is -2.38. The van der Waals surface area contributed by atoms with Gasteiger partial charge in [-0.15, -0.1) is 0 Å². The zero-order chi connectivity index (χ0) is 36.6. The van der Waals surface area contributed by atoms with Crippen LogP contribution < -0.4 is 0 Å². The lowest BCUT2D eigenvalue weighted by molar-refractivity contribution is -0.385. The van der Waals surface area contributed by atoms with Crippen molar-refractivity contribution >= 4 is 46.8 Å². The predicted molar refractivity (Wildman–Crippen MR) is 161 cm³/mol. The Morgan fingerprint density at radius 1 is 0.771 bits per heavy atom. The van der Waals surface area contributed by atoms with Crippen LogP contribution in [0.25, 0.3) is 0 Å². The van der Waals surface area contributed by atoms with Crippen molar-refractivity contribution < 1.29 is 46.5 Å². The summed E-state index contributed by atoms with van der Waals surface area (Å²) in [7, 11) is 0. The quantitative estimate of drug-likeness (QED) is 0.191. The summed E-state index contributed by atoms with van der Waals surface area (Å²) in [6.45, 7) is 8.75. The Bertz CT molecular complexity index is 1430. The first-order chi connectivity index (χ1) is 21.8. The average molecular weight is 734 g/mol. The first-order valence-electron chi connectivity index (χ1n) is 14.3. The largest absolute Gasteiger partial charge is 0.444 e. The molecule has 2 saturated heterocycles. The van der Waals surface area contributed by atoms with Gasteiger partial charge in [0.05, 0.1) is 22.9 Å². The molecule has 2 aromatic heterocycles. The third kappa shape index (κ3) is 9.14. The Morgan fingerprint density at radius 2 is 1.08 bits per heavy atom. The van der Waals surface area contributed by atoms with E-state index in [1.54, 1.807) is 41.5 Å². The number of hydrogen-bond donors (Lipinski definition) is 0. The molecule has 16 nitrogen and oxygen atoms in total. The minimum atomic E-state index is -3.22. The minimum Gasteiger partial charge on any atom is -0.444 e. The number of likely N-dealkylation sites (tertiary alicyclic amines) is 2. The van der Waals surface area contributed by atoms with Gasteiger partial charge in [0.15, 0.2) is 0 Å². The zero-order valence-corrected chi connectivity index (χ0v) is 28.2. The number of amides is 2. The van der Waals surface area contributed by atoms with E-state index >= 15 is 0 Å². The van der Waals surface area contributed by atoms with E-state index in [0.29, 0.717) is 9.36 Å². The van der Waals surface area contributed by atoms with Crippen molar-refractivity contribution in [3.8, 4) is 0 Å². The second-order valence-electron chi connectivity index (χ2n) is 13.0. The van der Waals surface area contributed by atoms with E-state index in [2.05, 4.69) is 10.2 Å². The molecule has 0 N–H and O–H groups in total. The molecule has 0 bridgehead atoms. The van der Waals surface area contributed by atoms with Crippen LogP contribution in [0.2, 0.25) is 10.3 Å². The monoisotopic (exact) mass is 732 g/mol. The number of nitro groups is 2. The predicted octanol–water partition coefficient (Wildman–Crippen LogP) is 6.52. The van der Waals surface area contributed by atoms with Crippen LogP contribution >= 0.6 is 23.2 Å². The minimum absolute atomic E-state index is 0.195. The van der Waals surface area contributed by atoms with E-state index in [9.17, 15) is 47.4 Å². The highest BCUT2D eigenvalue weighted by molar-refractivity contribution is 6.31. The molecule has 2 fully saturated rings. The van der Waals surface area contributed by atoms with Crippen LogP contribution in [0.15, 0.2) is 12.4 Å². The highest BCUT2D eigenvalue weighted by atomic mass is 35.5. The number of ether oxygens (including phenoxy) is 2. The number of aromatic nitrogens is 4. The number of rotatable bonds is 4. The first kappa shape index (κ1) is 38.5. The van der Waals surface area contributed by atoms with Crippen LogP contribution in [-0.2, 0) is 9.47 Å². The Morgan fingerprint density at radius 3 is 1.33 bits per heavy atom. The van der Waals surface area contributed by atoms with Crippen LogP contribution in [0.3, 0.4) is 0 Å². The summed E-state index contributed by atoms with van der Waals surface area (Å²) in [5.41, 5.74) is -2.67.